The van der Waals surface area contributed by atoms with E-state index in [1.165, 1.54) is 19.3 Å². The second kappa shape index (κ2) is 4.76. The molecule has 2 N–H and O–H groups in total. The van der Waals surface area contributed by atoms with Crippen molar-refractivity contribution < 1.29 is 4.52 Å². The third-order valence-electron chi connectivity index (χ3n) is 3.64. The summed E-state index contributed by atoms with van der Waals surface area (Å²) in [5, 5.41) is 4.13. The van der Waals surface area contributed by atoms with E-state index in [1.54, 1.807) is 0 Å². The van der Waals surface area contributed by atoms with Gasteiger partial charge in [0, 0.05) is 10.0 Å². The third-order valence-corrected chi connectivity index (χ3v) is 4.33. The molecule has 2 aromatic rings. The highest BCUT2D eigenvalue weighted by molar-refractivity contribution is 9.10. The van der Waals surface area contributed by atoms with Gasteiger partial charge >= 0.3 is 0 Å². The number of aromatic nitrogens is 1. The standard InChI is InChI=1S/C14H15BrN2O/c15-11-7-2-1-6-10(11)13-12(17-18-14(13)16)8-9-4-3-5-9/h1-2,6-7,9H,3-5,8,16H2. The molecule has 1 fully saturated rings. The van der Waals surface area contributed by atoms with E-state index in [2.05, 4.69) is 21.1 Å². The lowest BCUT2D eigenvalue weighted by molar-refractivity contribution is 0.306. The van der Waals surface area contributed by atoms with E-state index in [0.29, 0.717) is 5.88 Å². The second-order valence-electron chi connectivity index (χ2n) is 4.85. The summed E-state index contributed by atoms with van der Waals surface area (Å²) in [4.78, 5) is 0. The molecular formula is C14H15BrN2O. The van der Waals surface area contributed by atoms with Crippen LogP contribution in [0.4, 0.5) is 5.88 Å². The first-order valence-corrected chi connectivity index (χ1v) is 7.04. The van der Waals surface area contributed by atoms with Crippen LogP contribution in [0, 0.1) is 5.92 Å². The zero-order chi connectivity index (χ0) is 12.5. The number of halogens is 1. The van der Waals surface area contributed by atoms with E-state index in [1.807, 2.05) is 24.3 Å². The summed E-state index contributed by atoms with van der Waals surface area (Å²) < 4.78 is 6.20. The Morgan fingerprint density at radius 3 is 2.78 bits per heavy atom. The van der Waals surface area contributed by atoms with Crippen molar-refractivity contribution in [3.63, 3.8) is 0 Å². The lowest BCUT2D eigenvalue weighted by Crippen LogP contribution is -2.14. The average molecular weight is 307 g/mol. The number of nitrogens with zero attached hydrogens (tertiary/aromatic N) is 1. The van der Waals surface area contributed by atoms with Crippen molar-refractivity contribution in [2.45, 2.75) is 25.7 Å². The van der Waals surface area contributed by atoms with Crippen LogP contribution in [0.3, 0.4) is 0 Å². The zero-order valence-corrected chi connectivity index (χ0v) is 11.6. The molecule has 1 aliphatic rings. The topological polar surface area (TPSA) is 52.0 Å². The first-order valence-electron chi connectivity index (χ1n) is 6.24. The molecule has 0 unspecified atom stereocenters. The van der Waals surface area contributed by atoms with Gasteiger partial charge in [0.2, 0.25) is 5.88 Å². The predicted octanol–water partition coefficient (Wildman–Crippen LogP) is 4.03. The van der Waals surface area contributed by atoms with Gasteiger partial charge in [0.25, 0.3) is 0 Å². The Balaban J connectivity index is 1.99. The smallest absolute Gasteiger partial charge is 0.230 e. The molecule has 0 aliphatic heterocycles. The Kier molecular flexibility index (Phi) is 3.12. The van der Waals surface area contributed by atoms with Crippen molar-refractivity contribution in [2.24, 2.45) is 5.92 Å². The number of nitrogen functional groups attached to an aromatic ring is 1. The van der Waals surface area contributed by atoms with Crippen LogP contribution >= 0.6 is 15.9 Å². The molecular weight excluding hydrogens is 292 g/mol. The minimum Gasteiger partial charge on any atom is -0.367 e. The summed E-state index contributed by atoms with van der Waals surface area (Å²) in [5.74, 6) is 1.16. The highest BCUT2D eigenvalue weighted by Crippen LogP contribution is 2.38. The maximum atomic E-state index is 5.93. The Labute approximate surface area is 114 Å². The van der Waals surface area contributed by atoms with Crippen molar-refractivity contribution in [3.8, 4) is 11.1 Å². The van der Waals surface area contributed by atoms with Crippen molar-refractivity contribution in [1.29, 1.82) is 0 Å². The van der Waals surface area contributed by atoms with Gasteiger partial charge in [-0.05, 0) is 18.4 Å². The van der Waals surface area contributed by atoms with E-state index in [0.717, 1.165) is 33.6 Å². The molecule has 1 aromatic carbocycles. The van der Waals surface area contributed by atoms with E-state index in [4.69, 9.17) is 10.3 Å². The highest BCUT2D eigenvalue weighted by Gasteiger charge is 2.24. The van der Waals surface area contributed by atoms with Gasteiger partial charge in [-0.1, -0.05) is 58.5 Å². The lowest BCUT2D eigenvalue weighted by atomic mass is 9.81. The molecule has 1 heterocycles. The lowest BCUT2D eigenvalue weighted by Gasteiger charge is -2.24. The number of rotatable bonds is 3. The van der Waals surface area contributed by atoms with E-state index < -0.39 is 0 Å². The number of hydrogen-bond acceptors (Lipinski definition) is 3. The molecule has 0 atom stereocenters. The number of nitrogens with two attached hydrogens (primary N) is 1. The van der Waals surface area contributed by atoms with Gasteiger partial charge in [-0.25, -0.2) is 0 Å². The van der Waals surface area contributed by atoms with Crippen LogP contribution in [-0.4, -0.2) is 5.16 Å². The number of anilines is 1. The van der Waals surface area contributed by atoms with Gasteiger partial charge in [0.15, 0.2) is 0 Å². The predicted molar refractivity (Wildman–Crippen MR) is 75.1 cm³/mol. The zero-order valence-electron chi connectivity index (χ0n) is 10.0. The molecule has 1 aliphatic carbocycles. The monoisotopic (exact) mass is 306 g/mol. The first kappa shape index (κ1) is 11.8. The molecule has 0 spiro atoms. The van der Waals surface area contributed by atoms with Crippen LogP contribution in [0.2, 0.25) is 0 Å². The number of hydrogen-bond donors (Lipinski definition) is 1. The SMILES string of the molecule is Nc1onc(CC2CCC2)c1-c1ccccc1Br. The summed E-state index contributed by atoms with van der Waals surface area (Å²) >= 11 is 3.56. The third kappa shape index (κ3) is 2.05. The molecule has 94 valence electrons. The maximum Gasteiger partial charge on any atom is 0.230 e. The van der Waals surface area contributed by atoms with Crippen LogP contribution < -0.4 is 5.73 Å². The fourth-order valence-corrected chi connectivity index (χ4v) is 2.88. The van der Waals surface area contributed by atoms with Crippen molar-refractivity contribution in [2.75, 3.05) is 5.73 Å². The normalized spacial score (nSPS) is 15.6. The Hall–Kier alpha value is -1.29. The summed E-state index contributed by atoms with van der Waals surface area (Å²) in [6, 6.07) is 8.04. The molecule has 3 nitrogen and oxygen atoms in total. The molecule has 0 radical (unpaired) electrons. The van der Waals surface area contributed by atoms with Gasteiger partial charge in [0.05, 0.1) is 11.3 Å². The van der Waals surface area contributed by atoms with Crippen LogP contribution in [0.15, 0.2) is 33.3 Å². The average Bonchev–Trinajstić information content (AvgIpc) is 2.66. The van der Waals surface area contributed by atoms with Crippen molar-refractivity contribution in [1.82, 2.24) is 5.16 Å². The first-order chi connectivity index (χ1) is 8.75. The van der Waals surface area contributed by atoms with E-state index in [9.17, 15) is 0 Å². The van der Waals surface area contributed by atoms with E-state index in [-0.39, 0.29) is 0 Å². The minimum absolute atomic E-state index is 0.413. The minimum atomic E-state index is 0.413. The van der Waals surface area contributed by atoms with E-state index >= 15 is 0 Å². The number of benzene rings is 1. The summed E-state index contributed by atoms with van der Waals surface area (Å²) in [5.41, 5.74) is 8.93. The second-order valence-corrected chi connectivity index (χ2v) is 5.70. The maximum absolute atomic E-state index is 5.93. The highest BCUT2D eigenvalue weighted by atomic mass is 79.9. The molecule has 0 amide bonds. The molecule has 18 heavy (non-hydrogen) atoms. The fraction of sp³-hybridized carbons (Fsp3) is 0.357. The van der Waals surface area contributed by atoms with Crippen LogP contribution in [0.1, 0.15) is 25.0 Å². The summed E-state index contributed by atoms with van der Waals surface area (Å²) in [6.45, 7) is 0. The fourth-order valence-electron chi connectivity index (χ4n) is 2.40. The Bertz CT molecular complexity index is 561. The summed E-state index contributed by atoms with van der Waals surface area (Å²) in [6.07, 6.45) is 4.89. The van der Waals surface area contributed by atoms with Gasteiger partial charge in [-0.3, -0.25) is 0 Å². The molecule has 1 aromatic heterocycles. The Morgan fingerprint density at radius 2 is 2.11 bits per heavy atom. The van der Waals surface area contributed by atoms with Crippen molar-refractivity contribution in [3.05, 3.63) is 34.4 Å². The van der Waals surface area contributed by atoms with Gasteiger partial charge in [-0.15, -0.1) is 0 Å². The van der Waals surface area contributed by atoms with Crippen LogP contribution in [0.25, 0.3) is 11.1 Å². The largest absolute Gasteiger partial charge is 0.367 e. The molecule has 1 saturated carbocycles. The van der Waals surface area contributed by atoms with Crippen molar-refractivity contribution >= 4 is 21.8 Å². The van der Waals surface area contributed by atoms with Gasteiger partial charge in [-0.2, -0.15) is 0 Å². The van der Waals surface area contributed by atoms with Crippen LogP contribution in [-0.2, 0) is 6.42 Å². The molecule has 3 rings (SSSR count). The summed E-state index contributed by atoms with van der Waals surface area (Å²) in [7, 11) is 0. The Morgan fingerprint density at radius 1 is 1.33 bits per heavy atom. The molecule has 0 saturated heterocycles. The van der Waals surface area contributed by atoms with Gasteiger partial charge < -0.3 is 10.3 Å². The molecule has 0 bridgehead atoms. The van der Waals surface area contributed by atoms with Gasteiger partial charge in [0.1, 0.15) is 0 Å². The van der Waals surface area contributed by atoms with Crippen LogP contribution in [0.5, 0.6) is 0 Å². The quantitative estimate of drug-likeness (QED) is 0.931. The molecule has 4 heteroatoms.